The van der Waals surface area contributed by atoms with Crippen molar-refractivity contribution >= 4 is 12.0 Å². The highest BCUT2D eigenvalue weighted by molar-refractivity contribution is 5.92. The summed E-state index contributed by atoms with van der Waals surface area (Å²) >= 11 is 0. The van der Waals surface area contributed by atoms with E-state index in [0.29, 0.717) is 12.6 Å². The van der Waals surface area contributed by atoms with Crippen molar-refractivity contribution in [2.75, 3.05) is 13.2 Å². The Morgan fingerprint density at radius 3 is 2.96 bits per heavy atom. The van der Waals surface area contributed by atoms with E-state index in [4.69, 9.17) is 9.47 Å². The van der Waals surface area contributed by atoms with E-state index in [-0.39, 0.29) is 12.0 Å². The summed E-state index contributed by atoms with van der Waals surface area (Å²) in [7, 11) is 0. The Kier molecular flexibility index (Phi) is 5.12. The number of carbonyl (C=O) groups excluding carboxylic acids is 1. The van der Waals surface area contributed by atoms with Crippen LogP contribution in [0.3, 0.4) is 0 Å². The Labute approximate surface area is 144 Å². The molecule has 2 atom stereocenters. The highest BCUT2D eigenvalue weighted by Crippen LogP contribution is 2.35. The molecule has 2 aliphatic heterocycles. The summed E-state index contributed by atoms with van der Waals surface area (Å²) in [6.07, 6.45) is 8.04. The van der Waals surface area contributed by atoms with Gasteiger partial charge in [-0.15, -0.1) is 0 Å². The van der Waals surface area contributed by atoms with Gasteiger partial charge in [0, 0.05) is 36.2 Å². The Balaban J connectivity index is 1.80. The molecule has 1 saturated heterocycles. The molecule has 0 radical (unpaired) electrons. The highest BCUT2D eigenvalue weighted by atomic mass is 16.5. The first-order valence-electron chi connectivity index (χ1n) is 9.03. The molecule has 4 heteroatoms. The van der Waals surface area contributed by atoms with Gasteiger partial charge in [0.2, 0.25) is 5.91 Å². The fraction of sp³-hybridized carbons (Fsp3) is 0.550. The first-order chi connectivity index (χ1) is 11.6. The molecule has 1 aromatic rings. The molecular formula is C20H27NO3. The predicted molar refractivity (Wildman–Crippen MR) is 95.5 cm³/mol. The number of carbonyl (C=O) groups is 1. The summed E-state index contributed by atoms with van der Waals surface area (Å²) in [6.45, 7) is 7.62. The molecule has 0 aliphatic carbocycles. The molecule has 2 unspecified atom stereocenters. The first-order valence-corrected chi connectivity index (χ1v) is 9.03. The molecule has 0 spiro atoms. The third kappa shape index (κ3) is 3.58. The molecule has 24 heavy (non-hydrogen) atoms. The molecule has 3 rings (SSSR count). The molecule has 2 aliphatic rings. The second-order valence-corrected chi connectivity index (χ2v) is 6.77. The minimum Gasteiger partial charge on any atom is -0.493 e. The third-order valence-electron chi connectivity index (χ3n) is 4.82. The number of piperidine rings is 1. The average molecular weight is 329 g/mol. The fourth-order valence-corrected chi connectivity index (χ4v) is 3.55. The SMILES string of the molecule is CCOc1cc2c(cc1C=CC(=O)N1CCCCC1C)OC(C)C2. The van der Waals surface area contributed by atoms with Crippen LogP contribution in [-0.2, 0) is 11.2 Å². The number of fused-ring (bicyclic) bond motifs is 1. The van der Waals surface area contributed by atoms with Crippen molar-refractivity contribution in [3.05, 3.63) is 29.3 Å². The van der Waals surface area contributed by atoms with Crippen LogP contribution in [0.1, 0.15) is 51.2 Å². The molecule has 1 fully saturated rings. The van der Waals surface area contributed by atoms with Crippen LogP contribution in [-0.4, -0.2) is 36.1 Å². The molecule has 1 amide bonds. The highest BCUT2D eigenvalue weighted by Gasteiger charge is 2.23. The van der Waals surface area contributed by atoms with Crippen LogP contribution in [0.25, 0.3) is 6.08 Å². The van der Waals surface area contributed by atoms with E-state index in [2.05, 4.69) is 19.9 Å². The number of hydrogen-bond donors (Lipinski definition) is 0. The van der Waals surface area contributed by atoms with E-state index < -0.39 is 0 Å². The lowest BCUT2D eigenvalue weighted by atomic mass is 10.0. The van der Waals surface area contributed by atoms with Gasteiger partial charge >= 0.3 is 0 Å². The number of hydrogen-bond acceptors (Lipinski definition) is 3. The van der Waals surface area contributed by atoms with Crippen LogP contribution in [0, 0.1) is 0 Å². The second-order valence-electron chi connectivity index (χ2n) is 6.77. The van der Waals surface area contributed by atoms with Gasteiger partial charge < -0.3 is 14.4 Å². The lowest BCUT2D eigenvalue weighted by Gasteiger charge is -2.32. The normalized spacial score (nSPS) is 23.2. The molecule has 4 nitrogen and oxygen atoms in total. The van der Waals surface area contributed by atoms with Gasteiger partial charge in [-0.05, 0) is 58.2 Å². The lowest BCUT2D eigenvalue weighted by molar-refractivity contribution is -0.129. The van der Waals surface area contributed by atoms with Gasteiger partial charge in [0.15, 0.2) is 0 Å². The van der Waals surface area contributed by atoms with Gasteiger partial charge in [0.25, 0.3) is 0 Å². The minimum absolute atomic E-state index is 0.0828. The minimum atomic E-state index is 0.0828. The van der Waals surface area contributed by atoms with Gasteiger partial charge in [-0.1, -0.05) is 0 Å². The molecular weight excluding hydrogens is 302 g/mol. The van der Waals surface area contributed by atoms with Crippen molar-refractivity contribution in [1.82, 2.24) is 4.90 Å². The number of ether oxygens (including phenoxy) is 2. The summed E-state index contributed by atoms with van der Waals surface area (Å²) in [5, 5.41) is 0. The quantitative estimate of drug-likeness (QED) is 0.788. The van der Waals surface area contributed by atoms with Crippen molar-refractivity contribution < 1.29 is 14.3 Å². The van der Waals surface area contributed by atoms with Crippen LogP contribution >= 0.6 is 0 Å². The standard InChI is InChI=1S/C20H27NO3/c1-4-23-18-13-17-11-15(3)24-19(17)12-16(18)8-9-20(22)21-10-6-5-7-14(21)2/h8-9,12-15H,4-7,10-11H2,1-3H3. The first kappa shape index (κ1) is 16.9. The Morgan fingerprint density at radius 1 is 1.38 bits per heavy atom. The van der Waals surface area contributed by atoms with Crippen LogP contribution in [0.5, 0.6) is 11.5 Å². The zero-order chi connectivity index (χ0) is 17.1. The van der Waals surface area contributed by atoms with Crippen LogP contribution in [0.4, 0.5) is 0 Å². The Bertz CT molecular complexity index is 638. The number of amides is 1. The fourth-order valence-electron chi connectivity index (χ4n) is 3.55. The number of likely N-dealkylation sites (tertiary alicyclic amines) is 1. The molecule has 2 heterocycles. The van der Waals surface area contributed by atoms with Crippen molar-refractivity contribution in [2.45, 2.75) is 58.6 Å². The van der Waals surface area contributed by atoms with Crippen molar-refractivity contribution in [1.29, 1.82) is 0 Å². The van der Waals surface area contributed by atoms with Gasteiger partial charge in [-0.3, -0.25) is 4.79 Å². The summed E-state index contributed by atoms with van der Waals surface area (Å²) in [4.78, 5) is 14.5. The number of benzene rings is 1. The van der Waals surface area contributed by atoms with E-state index in [1.807, 2.05) is 24.0 Å². The maximum absolute atomic E-state index is 12.5. The zero-order valence-corrected chi connectivity index (χ0v) is 14.9. The average Bonchev–Trinajstić information content (AvgIpc) is 2.92. The third-order valence-corrected chi connectivity index (χ3v) is 4.82. The topological polar surface area (TPSA) is 38.8 Å². The van der Waals surface area contributed by atoms with Crippen LogP contribution < -0.4 is 9.47 Å². The van der Waals surface area contributed by atoms with Gasteiger partial charge in [-0.2, -0.15) is 0 Å². The van der Waals surface area contributed by atoms with Gasteiger partial charge in [0.1, 0.15) is 17.6 Å². The number of rotatable bonds is 4. The van der Waals surface area contributed by atoms with E-state index in [0.717, 1.165) is 42.9 Å². The van der Waals surface area contributed by atoms with Crippen molar-refractivity contribution in [3.8, 4) is 11.5 Å². The predicted octanol–water partition coefficient (Wildman–Crippen LogP) is 3.82. The summed E-state index contributed by atoms with van der Waals surface area (Å²) in [5.41, 5.74) is 2.08. The Morgan fingerprint density at radius 2 is 2.21 bits per heavy atom. The molecule has 0 N–H and O–H groups in total. The van der Waals surface area contributed by atoms with Gasteiger partial charge in [0.05, 0.1) is 6.61 Å². The molecule has 0 bridgehead atoms. The van der Waals surface area contributed by atoms with Crippen molar-refractivity contribution in [3.63, 3.8) is 0 Å². The lowest BCUT2D eigenvalue weighted by Crippen LogP contribution is -2.41. The molecule has 0 aromatic heterocycles. The second kappa shape index (κ2) is 7.29. The summed E-state index contributed by atoms with van der Waals surface area (Å²) in [5.74, 6) is 1.81. The van der Waals surface area contributed by atoms with E-state index in [1.165, 1.54) is 12.0 Å². The van der Waals surface area contributed by atoms with Crippen LogP contribution in [0.15, 0.2) is 18.2 Å². The number of nitrogens with zero attached hydrogens (tertiary/aromatic N) is 1. The van der Waals surface area contributed by atoms with Gasteiger partial charge in [-0.25, -0.2) is 0 Å². The van der Waals surface area contributed by atoms with E-state index in [9.17, 15) is 4.79 Å². The van der Waals surface area contributed by atoms with Crippen LogP contribution in [0.2, 0.25) is 0 Å². The largest absolute Gasteiger partial charge is 0.493 e. The molecule has 130 valence electrons. The van der Waals surface area contributed by atoms with E-state index >= 15 is 0 Å². The monoisotopic (exact) mass is 329 g/mol. The van der Waals surface area contributed by atoms with Crippen molar-refractivity contribution in [2.24, 2.45) is 0 Å². The summed E-state index contributed by atoms with van der Waals surface area (Å²) in [6, 6.07) is 4.37. The molecule has 1 aromatic carbocycles. The Hall–Kier alpha value is -1.97. The maximum atomic E-state index is 12.5. The summed E-state index contributed by atoms with van der Waals surface area (Å²) < 4.78 is 11.6. The maximum Gasteiger partial charge on any atom is 0.246 e. The van der Waals surface area contributed by atoms with E-state index in [1.54, 1.807) is 6.08 Å². The zero-order valence-electron chi connectivity index (χ0n) is 14.9. The molecule has 0 saturated carbocycles. The smallest absolute Gasteiger partial charge is 0.246 e.